The lowest BCUT2D eigenvalue weighted by atomic mass is 10.0. The highest BCUT2D eigenvalue weighted by molar-refractivity contribution is 6.30. The number of fused-ring (bicyclic) bond motifs is 1. The number of nitrogens with zero attached hydrogens (tertiary/aromatic N) is 4. The van der Waals surface area contributed by atoms with E-state index >= 15 is 0 Å². The van der Waals surface area contributed by atoms with Gasteiger partial charge in [0.15, 0.2) is 5.82 Å². The van der Waals surface area contributed by atoms with Crippen molar-refractivity contribution >= 4 is 29.5 Å². The van der Waals surface area contributed by atoms with Crippen LogP contribution in [-0.2, 0) is 4.74 Å². The van der Waals surface area contributed by atoms with Gasteiger partial charge in [0, 0.05) is 17.3 Å². The molecule has 0 fully saturated rings. The van der Waals surface area contributed by atoms with E-state index in [2.05, 4.69) is 15.2 Å². The van der Waals surface area contributed by atoms with Gasteiger partial charge in [0.25, 0.3) is 5.56 Å². The summed E-state index contributed by atoms with van der Waals surface area (Å²) in [6, 6.07) is 7.11. The highest BCUT2D eigenvalue weighted by atomic mass is 35.5. The van der Waals surface area contributed by atoms with Crippen LogP contribution in [0.25, 0.3) is 0 Å². The molecular weight excluding hydrogens is 368 g/mol. The predicted octanol–water partition coefficient (Wildman–Crippen LogP) is 3.25. The molecule has 0 aliphatic carbocycles. The summed E-state index contributed by atoms with van der Waals surface area (Å²) >= 11 is 5.86. The zero-order valence-corrected chi connectivity index (χ0v) is 15.8. The fraction of sp³-hybridized carbons (Fsp3) is 0.316. The minimum atomic E-state index is -0.665. The highest BCUT2D eigenvalue weighted by Crippen LogP contribution is 2.22. The molecule has 1 aliphatic heterocycles. The largest absolute Gasteiger partial charge is 0.462 e. The van der Waals surface area contributed by atoms with Gasteiger partial charge in [-0.1, -0.05) is 23.7 Å². The molecular formula is C19H19ClN4O3. The molecule has 0 saturated carbocycles. The van der Waals surface area contributed by atoms with Crippen molar-refractivity contribution in [3.8, 4) is 0 Å². The molecule has 2 aromatic rings. The standard InChI is InChI=1S/C19H19ClN4O3/c1-3-27-19(26)15-11-21-17-16(9-4-12(2)24(17)18(15)25)23-22-10-13-5-7-14(20)8-6-13/h5-8,10-12H,3-4,9H2,1-2H3/b22-10+,23-16+. The maximum Gasteiger partial charge on any atom is 0.345 e. The van der Waals surface area contributed by atoms with Gasteiger partial charge in [0.2, 0.25) is 0 Å². The summed E-state index contributed by atoms with van der Waals surface area (Å²) in [4.78, 5) is 29.0. The molecule has 0 spiro atoms. The van der Waals surface area contributed by atoms with Crippen LogP contribution in [-0.4, -0.2) is 34.1 Å². The molecule has 1 unspecified atom stereocenters. The van der Waals surface area contributed by atoms with Crippen LogP contribution in [0.4, 0.5) is 0 Å². The molecule has 27 heavy (non-hydrogen) atoms. The second-order valence-electron chi connectivity index (χ2n) is 6.12. The first kappa shape index (κ1) is 19.0. The summed E-state index contributed by atoms with van der Waals surface area (Å²) in [7, 11) is 0. The SMILES string of the molecule is CCOC(=O)c1cnc2n(c1=O)C(C)CC/C2=N\N=C\c1ccc(Cl)cc1. The molecule has 0 saturated heterocycles. The molecule has 0 N–H and O–H groups in total. The Bertz CT molecular complexity index is 964. The van der Waals surface area contributed by atoms with E-state index in [1.165, 1.54) is 10.8 Å². The Morgan fingerprint density at radius 3 is 2.85 bits per heavy atom. The Morgan fingerprint density at radius 2 is 2.15 bits per heavy atom. The molecule has 8 heteroatoms. The molecule has 0 bridgehead atoms. The summed E-state index contributed by atoms with van der Waals surface area (Å²) in [6.45, 7) is 3.80. The van der Waals surface area contributed by atoms with Crippen molar-refractivity contribution in [2.24, 2.45) is 10.2 Å². The second-order valence-corrected chi connectivity index (χ2v) is 6.56. The van der Waals surface area contributed by atoms with Gasteiger partial charge in [0.05, 0.1) is 12.8 Å². The topological polar surface area (TPSA) is 85.9 Å². The number of aromatic nitrogens is 2. The first-order valence-electron chi connectivity index (χ1n) is 8.65. The van der Waals surface area contributed by atoms with Crippen LogP contribution >= 0.6 is 11.6 Å². The number of esters is 1. The van der Waals surface area contributed by atoms with E-state index in [1.807, 2.05) is 19.1 Å². The van der Waals surface area contributed by atoms with Crippen molar-refractivity contribution in [2.45, 2.75) is 32.7 Å². The van der Waals surface area contributed by atoms with Crippen LogP contribution in [0.1, 0.15) is 54.5 Å². The van der Waals surface area contributed by atoms with Crippen molar-refractivity contribution in [1.29, 1.82) is 0 Å². The number of ether oxygens (including phenoxy) is 1. The minimum absolute atomic E-state index is 0.0710. The molecule has 1 aromatic carbocycles. The van der Waals surface area contributed by atoms with E-state index in [9.17, 15) is 9.59 Å². The number of hydrogen-bond donors (Lipinski definition) is 0. The second kappa shape index (κ2) is 8.26. The van der Waals surface area contributed by atoms with Crippen molar-refractivity contribution < 1.29 is 9.53 Å². The van der Waals surface area contributed by atoms with Crippen LogP contribution in [0.15, 0.2) is 45.5 Å². The van der Waals surface area contributed by atoms with Gasteiger partial charge in [0.1, 0.15) is 11.3 Å². The summed E-state index contributed by atoms with van der Waals surface area (Å²) in [5.41, 5.74) is 0.972. The number of carbonyl (C=O) groups is 1. The molecule has 1 aromatic heterocycles. The van der Waals surface area contributed by atoms with Gasteiger partial charge in [-0.15, -0.1) is 0 Å². The lowest BCUT2D eigenvalue weighted by Gasteiger charge is -2.24. The number of hydrogen-bond acceptors (Lipinski definition) is 6. The van der Waals surface area contributed by atoms with E-state index in [4.69, 9.17) is 16.3 Å². The summed E-state index contributed by atoms with van der Waals surface area (Å²) in [5.74, 6) is -0.234. The van der Waals surface area contributed by atoms with Crippen molar-refractivity contribution in [2.75, 3.05) is 6.61 Å². The van der Waals surface area contributed by atoms with Gasteiger partial charge in [-0.05, 0) is 44.4 Å². The van der Waals surface area contributed by atoms with Crippen molar-refractivity contribution in [3.05, 3.63) is 62.8 Å². The molecule has 0 amide bonds. The summed E-state index contributed by atoms with van der Waals surface area (Å²) in [5, 5.41) is 9.00. The smallest absolute Gasteiger partial charge is 0.345 e. The normalized spacial score (nSPS) is 17.9. The fourth-order valence-electron chi connectivity index (χ4n) is 2.84. The summed E-state index contributed by atoms with van der Waals surface area (Å²) in [6.07, 6.45) is 4.21. The Balaban J connectivity index is 1.94. The van der Waals surface area contributed by atoms with E-state index in [0.717, 1.165) is 5.56 Å². The van der Waals surface area contributed by atoms with Gasteiger partial charge >= 0.3 is 5.97 Å². The quantitative estimate of drug-likeness (QED) is 0.458. The number of benzene rings is 1. The average molecular weight is 387 g/mol. The molecule has 140 valence electrons. The van der Waals surface area contributed by atoms with Gasteiger partial charge in [-0.3, -0.25) is 9.36 Å². The number of rotatable bonds is 4. The van der Waals surface area contributed by atoms with Gasteiger partial charge in [-0.2, -0.15) is 10.2 Å². The monoisotopic (exact) mass is 386 g/mol. The Labute approximate surface area is 161 Å². The maximum absolute atomic E-state index is 12.7. The van der Waals surface area contributed by atoms with Gasteiger partial charge in [-0.25, -0.2) is 9.78 Å². The maximum atomic E-state index is 12.7. The molecule has 2 heterocycles. The fourth-order valence-corrected chi connectivity index (χ4v) is 2.96. The van der Waals surface area contributed by atoms with Crippen LogP contribution in [0.3, 0.4) is 0 Å². The van der Waals surface area contributed by atoms with E-state index in [-0.39, 0.29) is 18.2 Å². The van der Waals surface area contributed by atoms with Crippen molar-refractivity contribution in [3.63, 3.8) is 0 Å². The first-order valence-corrected chi connectivity index (χ1v) is 9.03. The van der Waals surface area contributed by atoms with Gasteiger partial charge < -0.3 is 4.74 Å². The predicted molar refractivity (Wildman–Crippen MR) is 104 cm³/mol. The van der Waals surface area contributed by atoms with E-state index in [1.54, 1.807) is 25.3 Å². The molecule has 7 nitrogen and oxygen atoms in total. The third-order valence-electron chi connectivity index (χ3n) is 4.24. The van der Waals surface area contributed by atoms with Crippen LogP contribution in [0.2, 0.25) is 5.02 Å². The number of halogens is 1. The van der Waals surface area contributed by atoms with Crippen molar-refractivity contribution in [1.82, 2.24) is 9.55 Å². The zero-order chi connectivity index (χ0) is 19.4. The molecule has 1 aliphatic rings. The van der Waals surface area contributed by atoms with E-state index in [0.29, 0.717) is 29.4 Å². The van der Waals surface area contributed by atoms with E-state index < -0.39 is 11.5 Å². The third kappa shape index (κ3) is 4.14. The lowest BCUT2D eigenvalue weighted by Crippen LogP contribution is -2.37. The Kier molecular flexibility index (Phi) is 5.81. The minimum Gasteiger partial charge on any atom is -0.462 e. The average Bonchev–Trinajstić information content (AvgIpc) is 2.65. The first-order chi connectivity index (χ1) is 13.0. The zero-order valence-electron chi connectivity index (χ0n) is 15.1. The number of carbonyl (C=O) groups excluding carboxylic acids is 1. The molecule has 3 rings (SSSR count). The van der Waals surface area contributed by atoms with Crippen LogP contribution < -0.4 is 5.56 Å². The summed E-state index contributed by atoms with van der Waals surface area (Å²) < 4.78 is 6.42. The van der Waals surface area contributed by atoms with Crippen LogP contribution in [0.5, 0.6) is 0 Å². The molecule has 0 radical (unpaired) electrons. The molecule has 1 atom stereocenters. The van der Waals surface area contributed by atoms with Crippen LogP contribution in [0, 0.1) is 0 Å². The Morgan fingerprint density at radius 1 is 1.41 bits per heavy atom. The third-order valence-corrected chi connectivity index (χ3v) is 4.49. The Hall–Kier alpha value is -2.80. The highest BCUT2D eigenvalue weighted by Gasteiger charge is 2.26. The lowest BCUT2D eigenvalue weighted by molar-refractivity contribution is 0.0522.